The molecule has 11 aromatic rings. The maximum absolute atomic E-state index is 5.37. The molecule has 2 nitrogen and oxygen atoms in total. The van der Waals surface area contributed by atoms with Crippen molar-refractivity contribution in [3.63, 3.8) is 0 Å². The number of allylic oxidation sites excluding steroid dienone is 1. The van der Waals surface area contributed by atoms with Crippen LogP contribution in [0, 0.1) is 5.92 Å². The highest BCUT2D eigenvalue weighted by molar-refractivity contribution is 6.29. The van der Waals surface area contributed by atoms with Crippen molar-refractivity contribution in [1.82, 2.24) is 4.57 Å². The van der Waals surface area contributed by atoms with Gasteiger partial charge in [0, 0.05) is 28.3 Å². The van der Waals surface area contributed by atoms with Crippen LogP contribution in [0.25, 0.3) is 87.8 Å². The fourth-order valence-corrected chi connectivity index (χ4v) is 10.5. The fourth-order valence-electron chi connectivity index (χ4n) is 10.5. The van der Waals surface area contributed by atoms with E-state index in [0.29, 0.717) is 0 Å². The van der Waals surface area contributed by atoms with E-state index in [1.807, 2.05) is 0 Å². The van der Waals surface area contributed by atoms with Crippen molar-refractivity contribution in [2.24, 2.45) is 10.9 Å². The fraction of sp³-hybridized carbons (Fsp3) is 0.0656. The third kappa shape index (κ3) is 6.21. The minimum absolute atomic E-state index is 0.170. The average Bonchev–Trinajstić information content (AvgIpc) is 3.70. The van der Waals surface area contributed by atoms with Gasteiger partial charge in [-0.2, -0.15) is 0 Å². The van der Waals surface area contributed by atoms with E-state index >= 15 is 0 Å². The molecule has 0 N–H and O–H groups in total. The zero-order valence-electron chi connectivity index (χ0n) is 35.1. The van der Waals surface area contributed by atoms with Gasteiger partial charge in [0.15, 0.2) is 0 Å². The molecule has 1 aliphatic rings. The van der Waals surface area contributed by atoms with Gasteiger partial charge in [-0.15, -0.1) is 0 Å². The quantitative estimate of drug-likeness (QED) is 0.143. The van der Waals surface area contributed by atoms with Crippen molar-refractivity contribution >= 4 is 65.5 Å². The molecule has 0 saturated heterocycles. The van der Waals surface area contributed by atoms with Gasteiger partial charge in [-0.05, 0) is 114 Å². The molecule has 0 amide bonds. The largest absolute Gasteiger partial charge is 0.309 e. The van der Waals surface area contributed by atoms with Gasteiger partial charge >= 0.3 is 0 Å². The van der Waals surface area contributed by atoms with Crippen LogP contribution in [0.3, 0.4) is 0 Å². The topological polar surface area (TPSA) is 17.3 Å². The zero-order valence-corrected chi connectivity index (χ0v) is 35.1. The van der Waals surface area contributed by atoms with Crippen LogP contribution in [0.1, 0.15) is 36.0 Å². The van der Waals surface area contributed by atoms with Gasteiger partial charge in [-0.25, -0.2) is 0 Å². The molecule has 0 aliphatic carbocycles. The summed E-state index contributed by atoms with van der Waals surface area (Å²) in [5.41, 5.74) is 14.3. The van der Waals surface area contributed by atoms with E-state index in [4.69, 9.17) is 4.99 Å². The number of benzene rings is 10. The standard InChI is InChI=1S/C61H44N2/c1-2-47-55(39-57(40-18-6-3-7-19-40)62-61(47)41-20-8-4-9-21-41)44-23-16-22-42(36-44)43-32-35-54-56(37-43)50-27-13-12-26-49(50)53-30-17-29-48(60(53)54)45-33-34-52-51-28-14-15-31-58(51)63(59(52)38-45)46-24-10-5-11-25-46/h3-39,47,55H,2H2,1H3. The second kappa shape index (κ2) is 15.3. The van der Waals surface area contributed by atoms with Crippen LogP contribution in [-0.4, -0.2) is 10.3 Å². The molecule has 0 saturated carbocycles. The normalized spacial score (nSPS) is 15.3. The first-order valence-electron chi connectivity index (χ1n) is 22.2. The summed E-state index contributed by atoms with van der Waals surface area (Å²) < 4.78 is 2.41. The van der Waals surface area contributed by atoms with Gasteiger partial charge in [0.2, 0.25) is 0 Å². The Balaban J connectivity index is 1.02. The van der Waals surface area contributed by atoms with Gasteiger partial charge in [0.25, 0.3) is 0 Å². The lowest BCUT2D eigenvalue weighted by atomic mass is 9.76. The lowest BCUT2D eigenvalue weighted by Gasteiger charge is -2.31. The number of hydrogen-bond acceptors (Lipinski definition) is 1. The number of nitrogens with zero attached hydrogens (tertiary/aromatic N) is 2. The van der Waals surface area contributed by atoms with Gasteiger partial charge in [0.1, 0.15) is 0 Å². The Kier molecular flexibility index (Phi) is 8.97. The van der Waals surface area contributed by atoms with Crippen LogP contribution in [0.2, 0.25) is 0 Å². The predicted molar refractivity (Wildman–Crippen MR) is 268 cm³/mol. The lowest BCUT2D eigenvalue weighted by molar-refractivity contribution is 0.593. The Morgan fingerprint density at radius 2 is 0.984 bits per heavy atom. The lowest BCUT2D eigenvalue weighted by Crippen LogP contribution is -2.25. The number of aliphatic imine (C=N–C) groups is 1. The summed E-state index contributed by atoms with van der Waals surface area (Å²) in [7, 11) is 0. The second-order valence-corrected chi connectivity index (χ2v) is 16.9. The van der Waals surface area contributed by atoms with Gasteiger partial charge in [-0.3, -0.25) is 4.99 Å². The third-order valence-electron chi connectivity index (χ3n) is 13.4. The number of fused-ring (bicyclic) bond motifs is 9. The van der Waals surface area contributed by atoms with Crippen LogP contribution >= 0.6 is 0 Å². The van der Waals surface area contributed by atoms with Crippen LogP contribution in [0.15, 0.2) is 229 Å². The minimum atomic E-state index is 0.170. The molecule has 2 atom stereocenters. The van der Waals surface area contributed by atoms with Crippen LogP contribution in [0.4, 0.5) is 0 Å². The first-order valence-corrected chi connectivity index (χ1v) is 22.2. The van der Waals surface area contributed by atoms with Crippen molar-refractivity contribution in [1.29, 1.82) is 0 Å². The molecular weight excluding hydrogens is 761 g/mol. The number of hydrogen-bond donors (Lipinski definition) is 0. The van der Waals surface area contributed by atoms with Crippen molar-refractivity contribution in [2.75, 3.05) is 0 Å². The van der Waals surface area contributed by atoms with Crippen LogP contribution < -0.4 is 0 Å². The summed E-state index contributed by atoms with van der Waals surface area (Å²) in [5.74, 6) is 0.414. The highest BCUT2D eigenvalue weighted by Gasteiger charge is 2.30. The second-order valence-electron chi connectivity index (χ2n) is 16.9. The number of rotatable bonds is 7. The monoisotopic (exact) mass is 804 g/mol. The molecule has 1 aliphatic heterocycles. The minimum Gasteiger partial charge on any atom is -0.309 e. The first kappa shape index (κ1) is 37.0. The average molecular weight is 805 g/mol. The van der Waals surface area contributed by atoms with E-state index in [0.717, 1.165) is 29.1 Å². The molecule has 1 aromatic heterocycles. The van der Waals surface area contributed by atoms with Crippen molar-refractivity contribution in [3.05, 3.63) is 241 Å². The van der Waals surface area contributed by atoms with Gasteiger partial charge in [0.05, 0.1) is 22.4 Å². The van der Waals surface area contributed by atoms with E-state index in [1.54, 1.807) is 0 Å². The molecule has 63 heavy (non-hydrogen) atoms. The Morgan fingerprint density at radius 1 is 0.413 bits per heavy atom. The first-order chi connectivity index (χ1) is 31.2. The molecule has 0 spiro atoms. The summed E-state index contributed by atoms with van der Waals surface area (Å²) in [6.07, 6.45) is 3.40. The summed E-state index contributed by atoms with van der Waals surface area (Å²) in [6.45, 7) is 2.30. The molecule has 0 radical (unpaired) electrons. The molecular formula is C61H44N2. The molecule has 0 fully saturated rings. The smallest absolute Gasteiger partial charge is 0.0672 e. The summed E-state index contributed by atoms with van der Waals surface area (Å²) in [6, 6.07) is 80.1. The Hall–Kier alpha value is -7.81. The molecule has 2 heteroatoms. The van der Waals surface area contributed by atoms with Crippen molar-refractivity contribution < 1.29 is 0 Å². The van der Waals surface area contributed by atoms with E-state index in [2.05, 4.69) is 236 Å². The predicted octanol–water partition coefficient (Wildman–Crippen LogP) is 16.2. The molecule has 10 aromatic carbocycles. The maximum Gasteiger partial charge on any atom is 0.0672 e. The third-order valence-corrected chi connectivity index (χ3v) is 13.4. The van der Waals surface area contributed by atoms with E-state index in [9.17, 15) is 0 Å². The van der Waals surface area contributed by atoms with Crippen molar-refractivity contribution in [3.8, 4) is 27.9 Å². The van der Waals surface area contributed by atoms with Gasteiger partial charge < -0.3 is 4.57 Å². The number of para-hydroxylation sites is 2. The summed E-state index contributed by atoms with van der Waals surface area (Å²) in [4.78, 5) is 5.37. The van der Waals surface area contributed by atoms with Crippen molar-refractivity contribution in [2.45, 2.75) is 19.3 Å². The number of aromatic nitrogens is 1. The SMILES string of the molecule is CCC1C(c2ccccc2)=NC(c2ccccc2)=CC1c1cccc(-c2ccc3c(c2)c2ccccc2c2cccc(-c4ccc5c6ccccc6n(-c6ccccc6)c5c4)c23)c1. The van der Waals surface area contributed by atoms with E-state index in [-0.39, 0.29) is 11.8 Å². The summed E-state index contributed by atoms with van der Waals surface area (Å²) in [5, 5.41) is 10.1. The maximum atomic E-state index is 5.37. The molecule has 298 valence electrons. The van der Waals surface area contributed by atoms with E-state index in [1.165, 1.54) is 87.5 Å². The molecule has 0 bridgehead atoms. The van der Waals surface area contributed by atoms with Gasteiger partial charge in [-0.1, -0.05) is 195 Å². The Labute approximate surface area is 367 Å². The molecule has 2 unspecified atom stereocenters. The molecule has 2 heterocycles. The zero-order chi connectivity index (χ0) is 41.9. The van der Waals surface area contributed by atoms with E-state index < -0.39 is 0 Å². The van der Waals surface area contributed by atoms with Crippen LogP contribution in [0.5, 0.6) is 0 Å². The summed E-state index contributed by atoms with van der Waals surface area (Å²) >= 11 is 0. The Bertz CT molecular complexity index is 3600. The molecule has 12 rings (SSSR count). The van der Waals surface area contributed by atoms with Crippen LogP contribution in [-0.2, 0) is 0 Å². The highest BCUT2D eigenvalue weighted by Crippen LogP contribution is 2.44. The Morgan fingerprint density at radius 3 is 1.76 bits per heavy atom. The highest BCUT2D eigenvalue weighted by atomic mass is 15.0.